The first-order valence-electron chi connectivity index (χ1n) is 8.43. The lowest BCUT2D eigenvalue weighted by Crippen LogP contribution is -2.40. The van der Waals surface area contributed by atoms with E-state index >= 15 is 0 Å². The summed E-state index contributed by atoms with van der Waals surface area (Å²) in [4.78, 5) is 17.7. The second-order valence-corrected chi connectivity index (χ2v) is 6.10. The number of nitrogens with zero attached hydrogens (tertiary/aromatic N) is 2. The van der Waals surface area contributed by atoms with Crippen LogP contribution < -0.4 is 11.1 Å². The van der Waals surface area contributed by atoms with Crippen LogP contribution in [0.25, 0.3) is 0 Å². The molecule has 1 unspecified atom stereocenters. The molecule has 1 aliphatic rings. The SMILES string of the molecule is CCC(CC)C1CCN(C(=NC)NCc2ccc(C(N)=O)o2)C1.I. The number of hydrogen-bond donors (Lipinski definition) is 2. The number of furan rings is 1. The summed E-state index contributed by atoms with van der Waals surface area (Å²) in [5.74, 6) is 2.74. The number of guanidine groups is 1. The largest absolute Gasteiger partial charge is 0.454 e. The Balaban J connectivity index is 0.00000288. The highest BCUT2D eigenvalue weighted by Crippen LogP contribution is 2.28. The van der Waals surface area contributed by atoms with Crippen LogP contribution in [0.15, 0.2) is 21.5 Å². The van der Waals surface area contributed by atoms with Gasteiger partial charge >= 0.3 is 0 Å². The van der Waals surface area contributed by atoms with Gasteiger partial charge in [0.15, 0.2) is 11.7 Å². The van der Waals surface area contributed by atoms with Crippen LogP contribution in [0, 0.1) is 11.8 Å². The molecule has 1 aromatic heterocycles. The van der Waals surface area contributed by atoms with Crippen molar-refractivity contribution >= 4 is 35.8 Å². The summed E-state index contributed by atoms with van der Waals surface area (Å²) in [6.45, 7) is 7.13. The van der Waals surface area contributed by atoms with E-state index in [1.807, 2.05) is 0 Å². The van der Waals surface area contributed by atoms with Crippen molar-refractivity contribution in [1.82, 2.24) is 10.2 Å². The highest BCUT2D eigenvalue weighted by molar-refractivity contribution is 14.0. The summed E-state index contributed by atoms with van der Waals surface area (Å²) in [5, 5.41) is 3.31. The van der Waals surface area contributed by atoms with Crippen LogP contribution in [-0.4, -0.2) is 36.9 Å². The van der Waals surface area contributed by atoms with Gasteiger partial charge in [0.1, 0.15) is 5.76 Å². The van der Waals surface area contributed by atoms with Gasteiger partial charge in [0.05, 0.1) is 6.54 Å². The van der Waals surface area contributed by atoms with Gasteiger partial charge in [-0.1, -0.05) is 26.7 Å². The van der Waals surface area contributed by atoms with Gasteiger partial charge in [0.2, 0.25) is 0 Å². The standard InChI is InChI=1S/C17H28N4O2.HI/c1-4-12(5-2)13-8-9-21(11-13)17(19-3)20-10-14-6-7-15(23-14)16(18)22;/h6-7,12-13H,4-5,8-11H2,1-3H3,(H2,18,22)(H,19,20);1H. The monoisotopic (exact) mass is 448 g/mol. The zero-order valence-electron chi connectivity index (χ0n) is 14.7. The molecule has 0 spiro atoms. The molecule has 3 N–H and O–H groups in total. The molecule has 6 nitrogen and oxygen atoms in total. The van der Waals surface area contributed by atoms with Crippen LogP contribution >= 0.6 is 24.0 Å². The molecule has 0 bridgehead atoms. The van der Waals surface area contributed by atoms with Crippen molar-refractivity contribution in [3.63, 3.8) is 0 Å². The summed E-state index contributed by atoms with van der Waals surface area (Å²) in [6.07, 6.45) is 3.70. The Morgan fingerprint density at radius 1 is 1.46 bits per heavy atom. The average molecular weight is 448 g/mol. The molecule has 2 rings (SSSR count). The molecule has 7 heteroatoms. The minimum absolute atomic E-state index is 0. The van der Waals surface area contributed by atoms with Crippen molar-refractivity contribution in [2.24, 2.45) is 22.6 Å². The smallest absolute Gasteiger partial charge is 0.284 e. The zero-order valence-corrected chi connectivity index (χ0v) is 17.1. The number of aliphatic imine (C=N–C) groups is 1. The minimum Gasteiger partial charge on any atom is -0.454 e. The normalized spacial score (nSPS) is 17.9. The predicted molar refractivity (Wildman–Crippen MR) is 107 cm³/mol. The van der Waals surface area contributed by atoms with E-state index < -0.39 is 5.91 Å². The summed E-state index contributed by atoms with van der Waals surface area (Å²) >= 11 is 0. The molecule has 136 valence electrons. The lowest BCUT2D eigenvalue weighted by Gasteiger charge is -2.24. The average Bonchev–Trinajstić information content (AvgIpc) is 3.19. The van der Waals surface area contributed by atoms with Gasteiger partial charge in [-0.15, -0.1) is 24.0 Å². The number of amides is 1. The van der Waals surface area contributed by atoms with E-state index in [4.69, 9.17) is 10.2 Å². The Hall–Kier alpha value is -1.25. The first-order valence-corrected chi connectivity index (χ1v) is 8.43. The fraction of sp³-hybridized carbons (Fsp3) is 0.647. The third-order valence-corrected chi connectivity index (χ3v) is 4.78. The lowest BCUT2D eigenvalue weighted by atomic mass is 9.87. The van der Waals surface area contributed by atoms with Crippen LogP contribution in [-0.2, 0) is 6.54 Å². The van der Waals surface area contributed by atoms with E-state index in [0.29, 0.717) is 12.3 Å². The third-order valence-electron chi connectivity index (χ3n) is 4.78. The number of nitrogens with two attached hydrogens (primary N) is 1. The van der Waals surface area contributed by atoms with Gasteiger partial charge in [-0.2, -0.15) is 0 Å². The van der Waals surface area contributed by atoms with Crippen molar-refractivity contribution in [3.8, 4) is 0 Å². The van der Waals surface area contributed by atoms with E-state index in [1.54, 1.807) is 19.2 Å². The molecule has 1 amide bonds. The van der Waals surface area contributed by atoms with Gasteiger partial charge in [-0.05, 0) is 30.4 Å². The lowest BCUT2D eigenvalue weighted by molar-refractivity contribution is 0.0972. The number of rotatable bonds is 6. The Kier molecular flexibility index (Phi) is 8.58. The number of carbonyl (C=O) groups excluding carboxylic acids is 1. The van der Waals surface area contributed by atoms with Gasteiger partial charge < -0.3 is 20.4 Å². The molecule has 1 atom stereocenters. The number of primary amides is 1. The molecule has 2 heterocycles. The van der Waals surface area contributed by atoms with E-state index in [9.17, 15) is 4.79 Å². The molecular formula is C17H29IN4O2. The minimum atomic E-state index is -0.548. The highest BCUT2D eigenvalue weighted by atomic mass is 127. The molecule has 1 saturated heterocycles. The molecule has 1 aromatic rings. The highest BCUT2D eigenvalue weighted by Gasteiger charge is 2.29. The topological polar surface area (TPSA) is 83.9 Å². The Bertz CT molecular complexity index is 555. The Labute approximate surface area is 161 Å². The molecule has 0 aliphatic carbocycles. The number of carbonyl (C=O) groups is 1. The number of hydrogen-bond acceptors (Lipinski definition) is 3. The maximum Gasteiger partial charge on any atom is 0.284 e. The Morgan fingerprint density at radius 3 is 2.71 bits per heavy atom. The predicted octanol–water partition coefficient (Wildman–Crippen LogP) is 2.83. The maximum atomic E-state index is 11.1. The van der Waals surface area contributed by atoms with Gasteiger partial charge in [0, 0.05) is 20.1 Å². The quantitative estimate of drug-likeness (QED) is 0.398. The van der Waals surface area contributed by atoms with Crippen molar-refractivity contribution < 1.29 is 9.21 Å². The van der Waals surface area contributed by atoms with Gasteiger partial charge in [0.25, 0.3) is 5.91 Å². The first kappa shape index (κ1) is 20.8. The summed E-state index contributed by atoms with van der Waals surface area (Å²) < 4.78 is 5.39. The molecule has 1 fully saturated rings. The van der Waals surface area contributed by atoms with Crippen molar-refractivity contribution in [2.45, 2.75) is 39.7 Å². The van der Waals surface area contributed by atoms with Crippen LogP contribution in [0.4, 0.5) is 0 Å². The number of likely N-dealkylation sites (tertiary alicyclic amines) is 1. The zero-order chi connectivity index (χ0) is 16.8. The molecule has 0 aromatic carbocycles. The van der Waals surface area contributed by atoms with Crippen LogP contribution in [0.1, 0.15) is 49.4 Å². The van der Waals surface area contributed by atoms with Crippen LogP contribution in [0.3, 0.4) is 0 Å². The van der Waals surface area contributed by atoms with Crippen LogP contribution in [0.2, 0.25) is 0 Å². The van der Waals surface area contributed by atoms with Crippen molar-refractivity contribution in [1.29, 1.82) is 0 Å². The molecule has 0 saturated carbocycles. The number of halogens is 1. The molecular weight excluding hydrogens is 419 g/mol. The fourth-order valence-corrected chi connectivity index (χ4v) is 3.42. The summed E-state index contributed by atoms with van der Waals surface area (Å²) in [7, 11) is 1.80. The molecule has 1 aliphatic heterocycles. The van der Waals surface area contributed by atoms with E-state index in [0.717, 1.165) is 30.9 Å². The Morgan fingerprint density at radius 2 is 2.17 bits per heavy atom. The molecule has 0 radical (unpaired) electrons. The second kappa shape index (κ2) is 9.90. The second-order valence-electron chi connectivity index (χ2n) is 6.10. The van der Waals surface area contributed by atoms with E-state index in [1.165, 1.54) is 19.3 Å². The first-order chi connectivity index (χ1) is 11.1. The van der Waals surface area contributed by atoms with Crippen molar-refractivity contribution in [3.05, 3.63) is 23.7 Å². The number of nitrogens with one attached hydrogen (secondary N) is 1. The van der Waals surface area contributed by atoms with Crippen molar-refractivity contribution in [2.75, 3.05) is 20.1 Å². The fourth-order valence-electron chi connectivity index (χ4n) is 3.42. The third kappa shape index (κ3) is 5.12. The van der Waals surface area contributed by atoms with E-state index in [2.05, 4.69) is 29.1 Å². The van der Waals surface area contributed by atoms with E-state index in [-0.39, 0.29) is 29.7 Å². The molecule has 24 heavy (non-hydrogen) atoms. The van der Waals surface area contributed by atoms with Gasteiger partial charge in [-0.3, -0.25) is 9.79 Å². The maximum absolute atomic E-state index is 11.1. The van der Waals surface area contributed by atoms with Crippen LogP contribution in [0.5, 0.6) is 0 Å². The summed E-state index contributed by atoms with van der Waals surface area (Å²) in [5.41, 5.74) is 5.19. The summed E-state index contributed by atoms with van der Waals surface area (Å²) in [6, 6.07) is 3.36. The van der Waals surface area contributed by atoms with Gasteiger partial charge in [-0.25, -0.2) is 0 Å².